The van der Waals surface area contributed by atoms with Crippen LogP contribution < -0.4 is 10.4 Å². The molecule has 0 saturated heterocycles. The zero-order valence-electron chi connectivity index (χ0n) is 34.3. The molecule has 5 aromatic rings. The highest BCUT2D eigenvalue weighted by Gasteiger charge is 2.46. The number of benzene rings is 5. The van der Waals surface area contributed by atoms with E-state index < -0.39 is 204 Å². The van der Waals surface area contributed by atoms with Gasteiger partial charge in [-0.05, 0) is 0 Å². The van der Waals surface area contributed by atoms with Gasteiger partial charge in [0.15, 0.2) is 93.1 Å². The van der Waals surface area contributed by atoms with E-state index in [9.17, 15) is 68.5 Å². The van der Waals surface area contributed by atoms with E-state index in [0.717, 1.165) is 60.7 Å². The predicted octanol–water partition coefficient (Wildman–Crippen LogP) is 9.29. The molecule has 0 heterocycles. The SMILES string of the molecule is N#CC(=C1C(=C(C#N)c2c(F)c(F)c(C#N)c(F)c2F)C1=C(C#N)c1c(F)c(F)c(C#N)c(F)c1F)c1c(F)c(F)c(C#N)c(F)c1F.N#CC(C#N)=c1c(F)c(F)c2c(F)c(=C(C#N)C#N)c(F)c(F)c2c1F. The quantitative estimate of drug-likeness (QED) is 0.0942. The minimum absolute atomic E-state index is 0.766. The van der Waals surface area contributed by atoms with Crippen molar-refractivity contribution in [2.75, 3.05) is 0 Å². The van der Waals surface area contributed by atoms with Gasteiger partial charge in [0.05, 0.1) is 54.6 Å². The van der Waals surface area contributed by atoms with E-state index in [2.05, 4.69) is 0 Å². The largest absolute Gasteiger partial charge is 0.205 e. The van der Waals surface area contributed by atoms with Crippen molar-refractivity contribution in [3.05, 3.63) is 165 Å². The molecular weight excluding hydrogens is 1030 g/mol. The summed E-state index contributed by atoms with van der Waals surface area (Å²) in [6, 6.07) is 9.35. The van der Waals surface area contributed by atoms with Gasteiger partial charge in [-0.2, -0.15) is 52.6 Å². The first-order valence-electron chi connectivity index (χ1n) is 18.1. The molecule has 1 aliphatic rings. The summed E-state index contributed by atoms with van der Waals surface area (Å²) in [5, 5.41) is 83.9. The van der Waals surface area contributed by atoms with Gasteiger partial charge in [-0.25, -0.2) is 79.0 Å². The Balaban J connectivity index is 0.000000328. The molecule has 0 bridgehead atoms. The van der Waals surface area contributed by atoms with Crippen molar-refractivity contribution in [2.24, 2.45) is 0 Å². The van der Waals surface area contributed by atoms with Crippen molar-refractivity contribution in [1.29, 1.82) is 52.6 Å². The maximum atomic E-state index is 15.0. The van der Waals surface area contributed by atoms with Gasteiger partial charge in [-0.15, -0.1) is 0 Å². The Labute approximate surface area is 395 Å². The Hall–Kier alpha value is -11.0. The molecule has 0 spiro atoms. The van der Waals surface area contributed by atoms with Crippen LogP contribution in [0.4, 0.5) is 79.0 Å². The lowest BCUT2D eigenvalue weighted by Crippen LogP contribution is -2.25. The summed E-state index contributed by atoms with van der Waals surface area (Å²) in [6.45, 7) is 0. The standard InChI is InChI=1S/C30F12N6.C16F6N4/c31-19-10(4-46)20(32)26(38)16(25(19)37)7(1-43)13-14(8(2-44)17-27(39)21(33)11(5-47)22(34)28(17)40)15(13)9(3-45)18-29(41)23(35)12(6-48)24(36)30(18)42;17-11-7(5(1-23)2-24)13(19)15(21)10-9(11)16(22)14(20)8(12(10)18)6(3-25)4-26. The first-order valence-corrected chi connectivity index (χ1v) is 18.1. The topological polar surface area (TPSA) is 238 Å². The monoisotopic (exact) mass is 1030 g/mol. The Morgan fingerprint density at radius 2 is 0.432 bits per heavy atom. The summed E-state index contributed by atoms with van der Waals surface area (Å²) in [5.74, 6) is -42.9. The van der Waals surface area contributed by atoms with E-state index in [0.29, 0.717) is 0 Å². The average Bonchev–Trinajstić information content (AvgIpc) is 4.10. The molecule has 0 amide bonds. The first kappa shape index (κ1) is 53.9. The van der Waals surface area contributed by atoms with E-state index >= 15 is 26.3 Å². The van der Waals surface area contributed by atoms with Crippen molar-refractivity contribution in [3.8, 4) is 60.7 Å². The van der Waals surface area contributed by atoms with Crippen LogP contribution in [0.3, 0.4) is 0 Å². The van der Waals surface area contributed by atoms with Crippen molar-refractivity contribution in [3.63, 3.8) is 0 Å². The summed E-state index contributed by atoms with van der Waals surface area (Å²) in [7, 11) is 0. The van der Waals surface area contributed by atoms with Gasteiger partial charge in [-0.1, -0.05) is 0 Å². The predicted molar refractivity (Wildman–Crippen MR) is 203 cm³/mol. The number of nitrogens with zero attached hydrogens (tertiary/aromatic N) is 10. The zero-order valence-corrected chi connectivity index (χ0v) is 34.3. The van der Waals surface area contributed by atoms with Crippen LogP contribution in [0, 0.1) is 218 Å². The highest BCUT2D eigenvalue weighted by molar-refractivity contribution is 6.12. The number of allylic oxidation sites excluding steroid dienone is 6. The van der Waals surface area contributed by atoms with Crippen molar-refractivity contribution in [2.45, 2.75) is 0 Å². The van der Waals surface area contributed by atoms with Gasteiger partial charge in [0.2, 0.25) is 0 Å². The molecule has 0 radical (unpaired) electrons. The maximum Gasteiger partial charge on any atom is 0.180 e. The molecule has 28 heteroatoms. The van der Waals surface area contributed by atoms with Crippen molar-refractivity contribution >= 4 is 38.6 Å². The third-order valence-corrected chi connectivity index (χ3v) is 9.99. The van der Waals surface area contributed by atoms with Gasteiger partial charge in [0.1, 0.15) is 100 Å². The molecule has 10 nitrogen and oxygen atoms in total. The highest BCUT2D eigenvalue weighted by Crippen LogP contribution is 2.57. The van der Waals surface area contributed by atoms with Gasteiger partial charge < -0.3 is 0 Å². The van der Waals surface area contributed by atoms with E-state index in [1.165, 1.54) is 0 Å². The van der Waals surface area contributed by atoms with Crippen LogP contribution in [0.25, 0.3) is 38.6 Å². The molecule has 0 unspecified atom stereocenters. The Kier molecular flexibility index (Phi) is 14.7. The normalized spacial score (nSPS) is 10.9. The molecule has 1 aliphatic carbocycles. The van der Waals surface area contributed by atoms with Crippen LogP contribution >= 0.6 is 0 Å². The van der Waals surface area contributed by atoms with Gasteiger partial charge in [0.25, 0.3) is 0 Å². The summed E-state index contributed by atoms with van der Waals surface area (Å²) >= 11 is 0. The Morgan fingerprint density at radius 3 is 0.595 bits per heavy atom. The maximum absolute atomic E-state index is 15.0. The van der Waals surface area contributed by atoms with Crippen molar-refractivity contribution in [1.82, 2.24) is 0 Å². The fraction of sp³-hybridized carbons (Fsp3) is 0. The van der Waals surface area contributed by atoms with Crippen LogP contribution in [0.1, 0.15) is 33.4 Å². The summed E-state index contributed by atoms with van der Waals surface area (Å²) < 4.78 is 263. The second-order valence-electron chi connectivity index (χ2n) is 13.5. The van der Waals surface area contributed by atoms with Gasteiger partial charge in [0, 0.05) is 16.7 Å². The first-order chi connectivity index (χ1) is 34.9. The molecule has 5 aromatic carbocycles. The van der Waals surface area contributed by atoms with E-state index in [1.807, 2.05) is 0 Å². The fourth-order valence-electron chi connectivity index (χ4n) is 6.72. The second-order valence-corrected chi connectivity index (χ2v) is 13.5. The molecule has 74 heavy (non-hydrogen) atoms. The smallest absolute Gasteiger partial charge is 0.180 e. The third-order valence-electron chi connectivity index (χ3n) is 9.99. The average molecular weight is 1030 g/mol. The number of fused-ring (bicyclic) bond motifs is 1. The summed E-state index contributed by atoms with van der Waals surface area (Å²) in [6.07, 6.45) is 0. The van der Waals surface area contributed by atoms with Crippen LogP contribution in [0.15, 0.2) is 16.7 Å². The molecule has 6 rings (SSSR count). The molecule has 0 aliphatic heterocycles. The lowest BCUT2D eigenvalue weighted by Gasteiger charge is -2.09. The number of hydrogen-bond donors (Lipinski definition) is 0. The van der Waals surface area contributed by atoms with Crippen LogP contribution in [-0.4, -0.2) is 0 Å². The number of hydrogen-bond acceptors (Lipinski definition) is 10. The molecule has 0 N–H and O–H groups in total. The van der Waals surface area contributed by atoms with E-state index in [1.54, 1.807) is 0 Å². The second kappa shape index (κ2) is 20.1. The lowest BCUT2D eigenvalue weighted by molar-refractivity contribution is 0.446. The van der Waals surface area contributed by atoms with E-state index in [-0.39, 0.29) is 0 Å². The van der Waals surface area contributed by atoms with Crippen LogP contribution in [0.5, 0.6) is 0 Å². The minimum atomic E-state index is -2.53. The molecular formula is C46F18N10. The highest BCUT2D eigenvalue weighted by atomic mass is 19.2. The Morgan fingerprint density at radius 1 is 0.230 bits per heavy atom. The van der Waals surface area contributed by atoms with Crippen molar-refractivity contribution < 1.29 is 79.0 Å². The summed E-state index contributed by atoms with van der Waals surface area (Å²) in [4.78, 5) is 0. The minimum Gasteiger partial charge on any atom is -0.205 e. The Bertz CT molecular complexity index is 3730. The third kappa shape index (κ3) is 7.86. The fourth-order valence-corrected chi connectivity index (χ4v) is 6.72. The van der Waals surface area contributed by atoms with E-state index in [4.69, 9.17) is 36.8 Å². The number of rotatable bonds is 3. The molecule has 0 atom stereocenters. The molecule has 0 aromatic heterocycles. The van der Waals surface area contributed by atoms with Crippen LogP contribution in [0.2, 0.25) is 0 Å². The zero-order chi connectivity index (χ0) is 55.9. The number of nitriles is 10. The van der Waals surface area contributed by atoms with Gasteiger partial charge >= 0.3 is 0 Å². The molecule has 360 valence electrons. The molecule has 1 fully saturated rings. The number of halogens is 18. The van der Waals surface area contributed by atoms with Crippen LogP contribution in [-0.2, 0) is 0 Å². The lowest BCUT2D eigenvalue weighted by atomic mass is 9.99. The summed E-state index contributed by atoms with van der Waals surface area (Å²) in [5.41, 5.74) is -24.1. The molecule has 1 saturated carbocycles. The van der Waals surface area contributed by atoms with Gasteiger partial charge in [-0.3, -0.25) is 0 Å².